The highest BCUT2D eigenvalue weighted by Crippen LogP contribution is 2.44. The Morgan fingerprint density at radius 3 is 2.72 bits per heavy atom. The molecule has 4 heteroatoms. The first-order chi connectivity index (χ1) is 8.68. The first-order valence-electron chi connectivity index (χ1n) is 6.12. The van der Waals surface area contributed by atoms with Crippen molar-refractivity contribution < 1.29 is 5.11 Å². The smallest absolute Gasteiger partial charge is 0.122 e. The van der Waals surface area contributed by atoms with Crippen molar-refractivity contribution >= 4 is 15.9 Å². The van der Waals surface area contributed by atoms with Crippen LogP contribution in [0.3, 0.4) is 0 Å². The third-order valence-electron chi connectivity index (χ3n) is 3.50. The van der Waals surface area contributed by atoms with Crippen molar-refractivity contribution in [2.24, 2.45) is 7.05 Å². The minimum absolute atomic E-state index is 0.622. The van der Waals surface area contributed by atoms with Gasteiger partial charge in [0.15, 0.2) is 0 Å². The molecule has 3 nitrogen and oxygen atoms in total. The molecule has 0 saturated heterocycles. The summed E-state index contributed by atoms with van der Waals surface area (Å²) in [6, 6.07) is 8.16. The van der Waals surface area contributed by atoms with Gasteiger partial charge < -0.3 is 5.11 Å². The lowest BCUT2D eigenvalue weighted by Gasteiger charge is -2.16. The molecule has 1 saturated carbocycles. The van der Waals surface area contributed by atoms with Crippen LogP contribution in [-0.4, -0.2) is 14.9 Å². The monoisotopic (exact) mass is 306 g/mol. The third kappa shape index (κ3) is 1.99. The molecule has 1 aliphatic carbocycles. The van der Waals surface area contributed by atoms with E-state index in [1.807, 2.05) is 25.2 Å². The molecule has 1 fully saturated rings. The summed E-state index contributed by atoms with van der Waals surface area (Å²) < 4.78 is 2.57. The van der Waals surface area contributed by atoms with Gasteiger partial charge in [-0.2, -0.15) is 5.10 Å². The van der Waals surface area contributed by atoms with E-state index in [0.29, 0.717) is 5.92 Å². The largest absolute Gasteiger partial charge is 0.382 e. The van der Waals surface area contributed by atoms with Gasteiger partial charge in [-0.25, -0.2) is 0 Å². The number of rotatable bonds is 3. The van der Waals surface area contributed by atoms with Crippen LogP contribution in [0, 0.1) is 0 Å². The zero-order valence-electron chi connectivity index (χ0n) is 10.2. The molecule has 2 aromatic rings. The van der Waals surface area contributed by atoms with E-state index in [9.17, 15) is 5.11 Å². The van der Waals surface area contributed by atoms with Crippen LogP contribution in [0.4, 0.5) is 0 Å². The molecule has 1 aromatic heterocycles. The van der Waals surface area contributed by atoms with Crippen LogP contribution in [-0.2, 0) is 7.05 Å². The fourth-order valence-electron chi connectivity index (χ4n) is 2.40. The highest BCUT2D eigenvalue weighted by Gasteiger charge is 2.29. The van der Waals surface area contributed by atoms with Crippen LogP contribution in [0.1, 0.15) is 41.7 Å². The van der Waals surface area contributed by atoms with Gasteiger partial charge in [-0.3, -0.25) is 4.68 Å². The minimum atomic E-state index is -0.622. The summed E-state index contributed by atoms with van der Waals surface area (Å²) >= 11 is 3.45. The molecular weight excluding hydrogens is 292 g/mol. The van der Waals surface area contributed by atoms with E-state index >= 15 is 0 Å². The lowest BCUT2D eigenvalue weighted by molar-refractivity contribution is 0.208. The van der Waals surface area contributed by atoms with Gasteiger partial charge in [0.2, 0.25) is 0 Å². The third-order valence-corrected chi connectivity index (χ3v) is 4.12. The number of nitrogens with zero attached hydrogens (tertiary/aromatic N) is 2. The number of hydrogen-bond donors (Lipinski definition) is 1. The Kier molecular flexibility index (Phi) is 2.99. The standard InChI is InChI=1S/C14H15BrN2O/c1-17-13(12(15)8-16-17)14(18)11-5-3-2-4-10(11)9-6-7-9/h2-5,8-9,14,18H,6-7H2,1H3. The van der Waals surface area contributed by atoms with Crippen LogP contribution in [0.2, 0.25) is 0 Å². The highest BCUT2D eigenvalue weighted by atomic mass is 79.9. The van der Waals surface area contributed by atoms with E-state index in [2.05, 4.69) is 27.1 Å². The Hall–Kier alpha value is -1.13. The second-order valence-electron chi connectivity index (χ2n) is 4.81. The maximum atomic E-state index is 10.6. The zero-order valence-corrected chi connectivity index (χ0v) is 11.8. The normalized spacial score (nSPS) is 16.8. The van der Waals surface area contributed by atoms with E-state index in [1.165, 1.54) is 18.4 Å². The number of benzene rings is 1. The van der Waals surface area contributed by atoms with E-state index in [4.69, 9.17) is 0 Å². The molecule has 0 spiro atoms. The second-order valence-corrected chi connectivity index (χ2v) is 5.66. The number of aromatic nitrogens is 2. The summed E-state index contributed by atoms with van der Waals surface area (Å²) in [6.07, 6.45) is 3.56. The summed E-state index contributed by atoms with van der Waals surface area (Å²) in [5, 5.41) is 14.8. The van der Waals surface area contributed by atoms with Crippen molar-refractivity contribution in [1.82, 2.24) is 9.78 Å². The molecule has 0 bridgehead atoms. The maximum Gasteiger partial charge on any atom is 0.122 e. The summed E-state index contributed by atoms with van der Waals surface area (Å²) in [5.74, 6) is 0.628. The van der Waals surface area contributed by atoms with Gasteiger partial charge in [0.25, 0.3) is 0 Å². The van der Waals surface area contributed by atoms with E-state index in [-0.39, 0.29) is 0 Å². The van der Waals surface area contributed by atoms with Gasteiger partial charge in [0.05, 0.1) is 16.4 Å². The molecule has 18 heavy (non-hydrogen) atoms. The molecule has 94 valence electrons. The molecule has 1 aromatic carbocycles. The van der Waals surface area contributed by atoms with Gasteiger partial charge >= 0.3 is 0 Å². The Morgan fingerprint density at radius 2 is 2.11 bits per heavy atom. The van der Waals surface area contributed by atoms with Crippen molar-refractivity contribution in [2.75, 3.05) is 0 Å². The van der Waals surface area contributed by atoms with Crippen molar-refractivity contribution in [1.29, 1.82) is 0 Å². The highest BCUT2D eigenvalue weighted by molar-refractivity contribution is 9.10. The van der Waals surface area contributed by atoms with Gasteiger partial charge in [-0.1, -0.05) is 24.3 Å². The summed E-state index contributed by atoms with van der Waals surface area (Å²) in [5.41, 5.74) is 3.09. The first kappa shape index (κ1) is 11.9. The van der Waals surface area contributed by atoms with Crippen LogP contribution >= 0.6 is 15.9 Å². The number of aliphatic hydroxyl groups excluding tert-OH is 1. The van der Waals surface area contributed by atoms with Crippen molar-refractivity contribution in [2.45, 2.75) is 24.9 Å². The van der Waals surface area contributed by atoms with E-state index in [0.717, 1.165) is 15.7 Å². The van der Waals surface area contributed by atoms with E-state index < -0.39 is 6.10 Å². The van der Waals surface area contributed by atoms with Gasteiger partial charge in [-0.15, -0.1) is 0 Å². The fraction of sp³-hybridized carbons (Fsp3) is 0.357. The molecule has 0 aliphatic heterocycles. The number of halogens is 1. The average molecular weight is 307 g/mol. The van der Waals surface area contributed by atoms with Gasteiger partial charge in [0.1, 0.15) is 6.10 Å². The van der Waals surface area contributed by atoms with Crippen molar-refractivity contribution in [3.05, 3.63) is 51.8 Å². The lowest BCUT2D eigenvalue weighted by atomic mass is 9.97. The summed E-state index contributed by atoms with van der Waals surface area (Å²) in [6.45, 7) is 0. The predicted molar refractivity (Wildman–Crippen MR) is 73.4 cm³/mol. The molecule has 1 unspecified atom stereocenters. The second kappa shape index (κ2) is 4.52. The van der Waals surface area contributed by atoms with Crippen LogP contribution < -0.4 is 0 Å². The molecule has 1 aliphatic rings. The first-order valence-corrected chi connectivity index (χ1v) is 6.92. The molecule has 1 heterocycles. The van der Waals surface area contributed by atoms with Crippen molar-refractivity contribution in [3.8, 4) is 0 Å². The zero-order chi connectivity index (χ0) is 12.7. The van der Waals surface area contributed by atoms with Gasteiger partial charge in [-0.05, 0) is 45.8 Å². The molecule has 0 radical (unpaired) electrons. The Morgan fingerprint density at radius 1 is 1.39 bits per heavy atom. The predicted octanol–water partition coefficient (Wildman–Crippen LogP) is 3.14. The lowest BCUT2D eigenvalue weighted by Crippen LogP contribution is -2.09. The van der Waals surface area contributed by atoms with Crippen LogP contribution in [0.5, 0.6) is 0 Å². The minimum Gasteiger partial charge on any atom is -0.382 e. The number of aryl methyl sites for hydroxylation is 1. The summed E-state index contributed by atoms with van der Waals surface area (Å²) in [4.78, 5) is 0. The summed E-state index contributed by atoms with van der Waals surface area (Å²) in [7, 11) is 1.85. The molecule has 3 rings (SSSR count). The molecular formula is C14H15BrN2O. The molecule has 0 amide bonds. The molecule has 1 N–H and O–H groups in total. The van der Waals surface area contributed by atoms with Crippen LogP contribution in [0.15, 0.2) is 34.9 Å². The number of aliphatic hydroxyl groups is 1. The topological polar surface area (TPSA) is 38.0 Å². The fourth-order valence-corrected chi connectivity index (χ4v) is 2.97. The molecule has 1 atom stereocenters. The average Bonchev–Trinajstić information content (AvgIpc) is 3.16. The SMILES string of the molecule is Cn1ncc(Br)c1C(O)c1ccccc1C1CC1. The quantitative estimate of drug-likeness (QED) is 0.946. The number of hydrogen-bond acceptors (Lipinski definition) is 2. The Bertz CT molecular complexity index is 555. The van der Waals surface area contributed by atoms with Gasteiger partial charge in [0, 0.05) is 7.05 Å². The maximum absolute atomic E-state index is 10.6. The van der Waals surface area contributed by atoms with Crippen LogP contribution in [0.25, 0.3) is 0 Å². The van der Waals surface area contributed by atoms with Crippen molar-refractivity contribution in [3.63, 3.8) is 0 Å². The Balaban J connectivity index is 2.04. The van der Waals surface area contributed by atoms with E-state index in [1.54, 1.807) is 10.9 Å². The Labute approximate surface area is 115 Å².